The number of piperazine rings is 1. The van der Waals surface area contributed by atoms with Crippen molar-refractivity contribution in [2.75, 3.05) is 60.4 Å². The van der Waals surface area contributed by atoms with Crippen LogP contribution in [0.2, 0.25) is 0 Å². The number of aromatic nitrogens is 1. The number of likely N-dealkylation sites (tertiary alicyclic amines) is 1. The third-order valence-corrected chi connectivity index (χ3v) is 4.17. The number of likely N-dealkylation sites (N-methyl/N-ethyl adjacent to an activating group) is 2. The number of nitrogens with zero attached hydrogens (tertiary/aromatic N) is 4. The van der Waals surface area contributed by atoms with Crippen LogP contribution >= 0.6 is 37.2 Å². The second kappa shape index (κ2) is 65.8. The van der Waals surface area contributed by atoms with Gasteiger partial charge in [0, 0.05) is 94.1 Å². The van der Waals surface area contributed by atoms with E-state index in [1.165, 1.54) is 58.5 Å². The molecule has 0 N–H and O–H groups in total. The minimum atomic E-state index is 0. The van der Waals surface area contributed by atoms with Crippen LogP contribution in [0.4, 0.5) is 0 Å². The second-order valence-corrected chi connectivity index (χ2v) is 6.51. The smallest absolute Gasteiger partial charge is 0.168 e. The molecule has 1 aromatic rings. The maximum Gasteiger partial charge on any atom is 0.168 e. The van der Waals surface area contributed by atoms with E-state index in [0.717, 1.165) is 0 Å². The molecule has 4 nitrogen and oxygen atoms in total. The first-order valence-electron chi connectivity index (χ1n) is 14.7. The van der Waals surface area contributed by atoms with Crippen LogP contribution in [0, 0.1) is 0 Å². The van der Waals surface area contributed by atoms with Crippen LogP contribution in [0.25, 0.3) is 0 Å². The maximum absolute atomic E-state index is 2.39. The zero-order valence-electron chi connectivity index (χ0n) is 28.2. The van der Waals surface area contributed by atoms with Crippen LogP contribution in [-0.2, 0) is 25.6 Å². The van der Waals surface area contributed by atoms with E-state index in [0.29, 0.717) is 0 Å². The molecule has 0 aromatic carbocycles. The van der Waals surface area contributed by atoms with Crippen molar-refractivity contribution in [3.8, 4) is 0 Å². The predicted molar refractivity (Wildman–Crippen MR) is 190 cm³/mol. The Morgan fingerprint density at radius 1 is 0.459 bits per heavy atom. The number of rotatable bonds is 0. The summed E-state index contributed by atoms with van der Waals surface area (Å²) in [5.74, 6) is 0. The molecule has 7 heteroatoms. The summed E-state index contributed by atoms with van der Waals surface area (Å²) in [6, 6.07) is 6.00. The monoisotopic (exact) mass is 792 g/mol. The van der Waals surface area contributed by atoms with Crippen molar-refractivity contribution in [3.63, 3.8) is 0 Å². The fourth-order valence-corrected chi connectivity index (χ4v) is 2.44. The van der Waals surface area contributed by atoms with E-state index >= 15 is 0 Å². The van der Waals surface area contributed by atoms with Gasteiger partial charge in [0.05, 0.1) is 0 Å². The van der Waals surface area contributed by atoms with Gasteiger partial charge in [0.2, 0.25) is 0 Å². The van der Waals surface area contributed by atoms with E-state index < -0.39 is 0 Å². The first-order chi connectivity index (χ1) is 17.6. The van der Waals surface area contributed by atoms with Crippen LogP contribution in [0.3, 0.4) is 0 Å². The summed E-state index contributed by atoms with van der Waals surface area (Å²) in [7, 11) is 8.54. The number of pyridine rings is 1. The fraction of sp³-hybridized carbons (Fsp3) is 0.833. The summed E-state index contributed by atoms with van der Waals surface area (Å²) in [6.45, 7) is 31.6. The standard InChI is InChI=1S/C6H14N2.C6H13N.C6H8N.6C2H6.I2.V/c1-7-3-5-8(2)6-4-7;2*1-7-5-3-2-4-6-7;7*1-2;/h3-6H2,1-2H3;2-6H2,1H3;2-6H,1H3;6*1-2H3;;/q;;+1;;;;;;;;. The summed E-state index contributed by atoms with van der Waals surface area (Å²) < 4.78 is 2.00. The third kappa shape index (κ3) is 62.2. The molecule has 0 amide bonds. The van der Waals surface area contributed by atoms with Gasteiger partial charge in [-0.2, -0.15) is 0 Å². The van der Waals surface area contributed by atoms with Crippen LogP contribution in [0.5, 0.6) is 0 Å². The van der Waals surface area contributed by atoms with Gasteiger partial charge in [0.15, 0.2) is 12.4 Å². The molecule has 0 bridgehead atoms. The van der Waals surface area contributed by atoms with Crippen LogP contribution in [-0.4, -0.2) is 75.1 Å². The second-order valence-electron chi connectivity index (χ2n) is 6.51. The van der Waals surface area contributed by atoms with Crippen molar-refractivity contribution in [1.82, 2.24) is 14.7 Å². The Labute approximate surface area is 273 Å². The molecule has 229 valence electrons. The Kier molecular flexibility index (Phi) is 103. The van der Waals surface area contributed by atoms with Crippen LogP contribution in [0.15, 0.2) is 30.6 Å². The Morgan fingerprint density at radius 2 is 0.703 bits per heavy atom. The average molecular weight is 793 g/mol. The van der Waals surface area contributed by atoms with Gasteiger partial charge < -0.3 is 14.7 Å². The summed E-state index contributed by atoms with van der Waals surface area (Å²) in [5.41, 5.74) is 0. The molecule has 3 rings (SSSR count). The molecule has 2 saturated heterocycles. The number of hydrogen-bond donors (Lipinski definition) is 0. The molecule has 0 aliphatic carbocycles. The SMILES string of the molecule is CC.CC.CC.CC.CC.CC.CN1CCCCC1.CN1CCN(C)CC1.C[n+]1ccccc1.II.[V]. The number of hydrogen-bond acceptors (Lipinski definition) is 3. The molecule has 0 atom stereocenters. The van der Waals surface area contributed by atoms with Gasteiger partial charge >= 0.3 is 0 Å². The van der Waals surface area contributed by atoms with Crippen molar-refractivity contribution < 1.29 is 23.1 Å². The third-order valence-electron chi connectivity index (χ3n) is 4.17. The fourth-order valence-electron chi connectivity index (χ4n) is 2.44. The minimum Gasteiger partial charge on any atom is -0.306 e. The molecular weight excluding hydrogens is 721 g/mol. The molecule has 3 heterocycles. The summed E-state index contributed by atoms with van der Waals surface area (Å²) in [4.78, 5) is 7.11. The van der Waals surface area contributed by atoms with Gasteiger partial charge in [-0.25, -0.2) is 4.57 Å². The maximum atomic E-state index is 2.39. The molecule has 0 saturated carbocycles. The van der Waals surface area contributed by atoms with Crippen LogP contribution in [0.1, 0.15) is 102 Å². The predicted octanol–water partition coefficient (Wildman–Crippen LogP) is 9.40. The van der Waals surface area contributed by atoms with Crippen molar-refractivity contribution in [2.24, 2.45) is 7.05 Å². The van der Waals surface area contributed by atoms with Crippen molar-refractivity contribution >= 4 is 37.2 Å². The molecule has 2 aliphatic rings. The Balaban J connectivity index is -0.0000000456. The first-order valence-corrected chi connectivity index (χ1v) is 21.0. The van der Waals surface area contributed by atoms with E-state index in [1.807, 2.05) is 125 Å². The van der Waals surface area contributed by atoms with Gasteiger partial charge in [-0.1, -0.05) is 95.6 Å². The normalized spacial score (nSPS) is 13.2. The van der Waals surface area contributed by atoms with E-state index in [2.05, 4.69) is 73.1 Å². The molecule has 2 fully saturated rings. The number of piperidine rings is 1. The summed E-state index contributed by atoms with van der Waals surface area (Å²) >= 11 is 4.24. The van der Waals surface area contributed by atoms with E-state index in [9.17, 15) is 0 Å². The number of halogens is 2. The molecular formula is C30H71I2N4V+. The van der Waals surface area contributed by atoms with E-state index in [1.54, 1.807) is 0 Å². The molecule has 2 aliphatic heterocycles. The average Bonchev–Trinajstić information content (AvgIpc) is 2.99. The molecule has 37 heavy (non-hydrogen) atoms. The first kappa shape index (κ1) is 57.9. The largest absolute Gasteiger partial charge is 0.306 e. The quantitative estimate of drug-likeness (QED) is 0.192. The van der Waals surface area contributed by atoms with Crippen LogP contribution < -0.4 is 4.57 Å². The Hall–Kier alpha value is 1.07. The Bertz CT molecular complexity index is 365. The Morgan fingerprint density at radius 3 is 0.865 bits per heavy atom. The van der Waals surface area contributed by atoms with Crippen molar-refractivity contribution in [1.29, 1.82) is 0 Å². The van der Waals surface area contributed by atoms with Gasteiger partial charge in [0.1, 0.15) is 7.05 Å². The number of aryl methyl sites for hydroxylation is 1. The summed E-state index contributed by atoms with van der Waals surface area (Å²) in [5, 5.41) is 0. The minimum absolute atomic E-state index is 0. The topological polar surface area (TPSA) is 13.6 Å². The molecule has 1 aromatic heterocycles. The van der Waals surface area contributed by atoms with Gasteiger partial charge in [-0.05, 0) is 47.1 Å². The molecule has 0 unspecified atom stereocenters. The summed E-state index contributed by atoms with van der Waals surface area (Å²) in [6.07, 6.45) is 8.28. The van der Waals surface area contributed by atoms with Gasteiger partial charge in [-0.15, -0.1) is 0 Å². The van der Waals surface area contributed by atoms with Gasteiger partial charge in [-0.3, -0.25) is 0 Å². The van der Waals surface area contributed by atoms with Crippen molar-refractivity contribution in [3.05, 3.63) is 30.6 Å². The van der Waals surface area contributed by atoms with Crippen molar-refractivity contribution in [2.45, 2.75) is 102 Å². The molecule has 0 spiro atoms. The van der Waals surface area contributed by atoms with E-state index in [4.69, 9.17) is 0 Å². The van der Waals surface area contributed by atoms with Gasteiger partial charge in [0.25, 0.3) is 0 Å². The zero-order chi connectivity index (χ0) is 30.2. The molecule has 1 radical (unpaired) electrons. The zero-order valence-corrected chi connectivity index (χ0v) is 34.0. The van der Waals surface area contributed by atoms with E-state index in [-0.39, 0.29) is 18.6 Å².